The fourth-order valence-electron chi connectivity index (χ4n) is 4.08. The Balaban J connectivity index is 1.32. The van der Waals surface area contributed by atoms with Crippen molar-refractivity contribution in [2.45, 2.75) is 6.92 Å². The van der Waals surface area contributed by atoms with E-state index in [1.807, 2.05) is 0 Å². The van der Waals surface area contributed by atoms with Gasteiger partial charge in [0, 0.05) is 5.56 Å². The van der Waals surface area contributed by atoms with E-state index in [0.717, 1.165) is 0 Å². The Labute approximate surface area is 257 Å². The number of nitrogens with zero attached hydrogens (tertiary/aromatic N) is 1. The molecule has 0 atom stereocenters. The van der Waals surface area contributed by atoms with Crippen molar-refractivity contribution < 1.29 is 33.3 Å². The molecule has 44 heavy (non-hydrogen) atoms. The summed E-state index contributed by atoms with van der Waals surface area (Å²) in [7, 11) is 0. The molecule has 0 radical (unpaired) electrons. The molecule has 11 heteroatoms. The monoisotopic (exact) mass is 611 g/mol. The van der Waals surface area contributed by atoms with Crippen molar-refractivity contribution in [1.29, 1.82) is 0 Å². The van der Waals surface area contributed by atoms with Crippen LogP contribution in [0.3, 0.4) is 0 Å². The smallest absolute Gasteiger partial charge is 0.345 e. The van der Waals surface area contributed by atoms with Crippen LogP contribution in [0, 0.1) is 0 Å². The van der Waals surface area contributed by atoms with Crippen molar-refractivity contribution in [3.05, 3.63) is 124 Å². The largest absolute Gasteiger partial charge is 0.490 e. The molecule has 1 heterocycles. The summed E-state index contributed by atoms with van der Waals surface area (Å²) in [6.07, 6.45) is 2.89. The number of fused-ring (bicyclic) bond motifs is 1. The number of esters is 1. The number of hydrazone groups is 1. The highest BCUT2D eigenvalue weighted by Gasteiger charge is 2.18. The molecule has 4 aromatic carbocycles. The quantitative estimate of drug-likeness (QED) is 0.0785. The zero-order chi connectivity index (χ0) is 30.9. The summed E-state index contributed by atoms with van der Waals surface area (Å²) in [6.45, 7) is 2.20. The average Bonchev–Trinajstić information content (AvgIpc) is 3.50. The molecular formula is C33H26ClN3O7. The zero-order valence-electron chi connectivity index (χ0n) is 23.4. The van der Waals surface area contributed by atoms with Gasteiger partial charge in [-0.2, -0.15) is 5.10 Å². The molecule has 0 bridgehead atoms. The Bertz CT molecular complexity index is 1760. The minimum Gasteiger partial charge on any atom is -0.490 e. The summed E-state index contributed by atoms with van der Waals surface area (Å²) >= 11 is 6.12. The Morgan fingerprint density at radius 1 is 0.886 bits per heavy atom. The second-order valence-electron chi connectivity index (χ2n) is 9.20. The maximum Gasteiger partial charge on any atom is 0.345 e. The maximum absolute atomic E-state index is 13.2. The van der Waals surface area contributed by atoms with Gasteiger partial charge in [-0.25, -0.2) is 10.2 Å². The second kappa shape index (κ2) is 14.0. The lowest BCUT2D eigenvalue weighted by atomic mass is 10.1. The SMILES string of the molecule is CCOc1cc(/C=N\NC(=O)/C(=C\c2ccc3c(c2)OCO3)NC(=O)c2ccccc2)ccc1OC(=O)c1ccccc1Cl. The third-order valence-electron chi connectivity index (χ3n) is 6.18. The normalized spacial score (nSPS) is 12.1. The molecule has 10 nitrogen and oxygen atoms in total. The summed E-state index contributed by atoms with van der Waals surface area (Å²) in [4.78, 5) is 38.7. The van der Waals surface area contributed by atoms with Crippen LogP contribution in [0.4, 0.5) is 0 Å². The van der Waals surface area contributed by atoms with Gasteiger partial charge in [-0.3, -0.25) is 9.59 Å². The van der Waals surface area contributed by atoms with E-state index in [-0.39, 0.29) is 28.8 Å². The van der Waals surface area contributed by atoms with Gasteiger partial charge < -0.3 is 24.3 Å². The number of nitrogens with one attached hydrogen (secondary N) is 2. The third kappa shape index (κ3) is 7.42. The van der Waals surface area contributed by atoms with Gasteiger partial charge in [-0.15, -0.1) is 0 Å². The lowest BCUT2D eigenvalue weighted by Crippen LogP contribution is -2.32. The lowest BCUT2D eigenvalue weighted by molar-refractivity contribution is -0.117. The van der Waals surface area contributed by atoms with Crippen LogP contribution in [-0.4, -0.2) is 37.4 Å². The number of halogens is 1. The third-order valence-corrected chi connectivity index (χ3v) is 6.51. The van der Waals surface area contributed by atoms with Gasteiger partial charge in [0.1, 0.15) is 5.70 Å². The van der Waals surface area contributed by atoms with E-state index in [4.69, 9.17) is 30.5 Å². The molecule has 0 unspecified atom stereocenters. The van der Waals surface area contributed by atoms with Gasteiger partial charge in [0.2, 0.25) is 6.79 Å². The van der Waals surface area contributed by atoms with E-state index >= 15 is 0 Å². The first-order valence-electron chi connectivity index (χ1n) is 13.5. The van der Waals surface area contributed by atoms with E-state index in [0.29, 0.717) is 40.5 Å². The van der Waals surface area contributed by atoms with Crippen LogP contribution in [0.25, 0.3) is 6.08 Å². The minimum absolute atomic E-state index is 0.0493. The first-order chi connectivity index (χ1) is 21.4. The fraction of sp³-hybridized carbons (Fsp3) is 0.0909. The molecule has 0 spiro atoms. The molecule has 0 aliphatic carbocycles. The highest BCUT2D eigenvalue weighted by Crippen LogP contribution is 2.33. The summed E-state index contributed by atoms with van der Waals surface area (Å²) < 4.78 is 22.0. The van der Waals surface area contributed by atoms with Gasteiger partial charge in [0.15, 0.2) is 23.0 Å². The first kappa shape index (κ1) is 29.9. The summed E-state index contributed by atoms with van der Waals surface area (Å²) in [6, 6.07) is 25.0. The van der Waals surface area contributed by atoms with Crippen LogP contribution < -0.4 is 29.7 Å². The second-order valence-corrected chi connectivity index (χ2v) is 9.61. The highest BCUT2D eigenvalue weighted by molar-refractivity contribution is 6.33. The van der Waals surface area contributed by atoms with E-state index < -0.39 is 17.8 Å². The Kier molecular flexibility index (Phi) is 9.53. The molecule has 0 fully saturated rings. The number of benzene rings is 4. The van der Waals surface area contributed by atoms with E-state index in [1.54, 1.807) is 97.9 Å². The van der Waals surface area contributed by atoms with Gasteiger partial charge in [0.25, 0.3) is 11.8 Å². The molecule has 1 aliphatic rings. The van der Waals surface area contributed by atoms with Crippen molar-refractivity contribution in [3.8, 4) is 23.0 Å². The molecule has 2 N–H and O–H groups in total. The van der Waals surface area contributed by atoms with Gasteiger partial charge in [0.05, 0.1) is 23.4 Å². The van der Waals surface area contributed by atoms with Crippen LogP contribution in [0.5, 0.6) is 23.0 Å². The number of rotatable bonds is 10. The Morgan fingerprint density at radius 3 is 2.43 bits per heavy atom. The van der Waals surface area contributed by atoms with Crippen LogP contribution >= 0.6 is 11.6 Å². The number of hydrogen-bond acceptors (Lipinski definition) is 8. The summed E-state index contributed by atoms with van der Waals surface area (Å²) in [5.74, 6) is -0.181. The molecule has 0 saturated heterocycles. The topological polar surface area (TPSA) is 125 Å². The minimum atomic E-state index is -0.668. The molecule has 2 amide bonds. The van der Waals surface area contributed by atoms with Crippen molar-refractivity contribution in [2.24, 2.45) is 5.10 Å². The molecule has 1 aliphatic heterocycles. The van der Waals surface area contributed by atoms with E-state index in [2.05, 4.69) is 15.8 Å². The van der Waals surface area contributed by atoms with Crippen molar-refractivity contribution >= 4 is 41.7 Å². The lowest BCUT2D eigenvalue weighted by Gasteiger charge is -2.12. The Hall–Kier alpha value is -5.61. The predicted molar refractivity (Wildman–Crippen MR) is 164 cm³/mol. The van der Waals surface area contributed by atoms with Crippen molar-refractivity contribution in [2.75, 3.05) is 13.4 Å². The standard InChI is InChI=1S/C33H26ClN3O7/c1-2-41-30-18-22(13-15-28(30)44-33(40)24-10-6-7-11-25(24)34)19-35-37-32(39)26(36-31(38)23-8-4-3-5-9-23)16-21-12-14-27-29(17-21)43-20-42-27/h3-19H,2,20H2,1H3,(H,36,38)(H,37,39)/b26-16+,35-19-. The molecule has 5 rings (SSSR count). The van der Waals surface area contributed by atoms with Crippen molar-refractivity contribution in [1.82, 2.24) is 10.7 Å². The maximum atomic E-state index is 13.2. The number of carbonyl (C=O) groups excluding carboxylic acids is 3. The Morgan fingerprint density at radius 2 is 1.64 bits per heavy atom. The number of hydrogen-bond donors (Lipinski definition) is 2. The number of carbonyl (C=O) groups is 3. The zero-order valence-corrected chi connectivity index (χ0v) is 24.2. The van der Waals surface area contributed by atoms with Crippen LogP contribution in [0.15, 0.2) is 102 Å². The number of ether oxygens (including phenoxy) is 4. The van der Waals surface area contributed by atoms with Crippen LogP contribution in [0.2, 0.25) is 5.02 Å². The predicted octanol–water partition coefficient (Wildman–Crippen LogP) is 5.61. The van der Waals surface area contributed by atoms with Crippen LogP contribution in [0.1, 0.15) is 38.8 Å². The molecule has 0 saturated carbocycles. The highest BCUT2D eigenvalue weighted by atomic mass is 35.5. The summed E-state index contributed by atoms with van der Waals surface area (Å²) in [5.41, 5.74) is 4.12. The van der Waals surface area contributed by atoms with Gasteiger partial charge in [-0.1, -0.05) is 48.0 Å². The van der Waals surface area contributed by atoms with Crippen molar-refractivity contribution in [3.63, 3.8) is 0 Å². The molecule has 222 valence electrons. The fourth-order valence-corrected chi connectivity index (χ4v) is 4.29. The van der Waals surface area contributed by atoms with Gasteiger partial charge >= 0.3 is 5.97 Å². The van der Waals surface area contributed by atoms with E-state index in [1.165, 1.54) is 12.3 Å². The van der Waals surface area contributed by atoms with Gasteiger partial charge in [-0.05, 0) is 78.7 Å². The molecule has 0 aromatic heterocycles. The molecular weight excluding hydrogens is 586 g/mol. The van der Waals surface area contributed by atoms with E-state index in [9.17, 15) is 14.4 Å². The average molecular weight is 612 g/mol. The summed E-state index contributed by atoms with van der Waals surface area (Å²) in [5, 5.41) is 6.97. The number of amides is 2. The molecule has 4 aromatic rings. The first-order valence-corrected chi connectivity index (χ1v) is 13.8. The van der Waals surface area contributed by atoms with Crippen LogP contribution in [-0.2, 0) is 4.79 Å².